The van der Waals surface area contributed by atoms with Crippen LogP contribution in [-0.4, -0.2) is 32.3 Å². The van der Waals surface area contributed by atoms with Crippen molar-refractivity contribution in [3.8, 4) is 0 Å². The number of pyridine rings is 1. The maximum Gasteiger partial charge on any atom is 0.227 e. The zero-order valence-electron chi connectivity index (χ0n) is 11.1. The first kappa shape index (κ1) is 12.7. The van der Waals surface area contributed by atoms with Crippen LogP contribution in [0.15, 0.2) is 43.1 Å². The molecule has 0 radical (unpaired) electrons. The van der Waals surface area contributed by atoms with Crippen molar-refractivity contribution in [2.75, 3.05) is 6.54 Å². The van der Waals surface area contributed by atoms with Gasteiger partial charge in [-0.3, -0.25) is 19.7 Å². The highest BCUT2D eigenvalue weighted by atomic mass is 16.2. The molecule has 0 aliphatic carbocycles. The Hall–Kier alpha value is -2.30. The summed E-state index contributed by atoms with van der Waals surface area (Å²) < 4.78 is 0. The summed E-state index contributed by atoms with van der Waals surface area (Å²) in [4.78, 5) is 26.8. The van der Waals surface area contributed by atoms with Crippen LogP contribution in [-0.2, 0) is 11.2 Å². The first-order valence-corrected chi connectivity index (χ1v) is 6.79. The van der Waals surface area contributed by atoms with Gasteiger partial charge >= 0.3 is 0 Å². The highest BCUT2D eigenvalue weighted by molar-refractivity contribution is 5.79. The Morgan fingerprint density at radius 2 is 2.15 bits per heavy atom. The average molecular weight is 268 g/mol. The summed E-state index contributed by atoms with van der Waals surface area (Å²) in [5.41, 5.74) is 1.83. The lowest BCUT2D eigenvalue weighted by Crippen LogP contribution is -2.32. The molecule has 20 heavy (non-hydrogen) atoms. The molecule has 2 aromatic rings. The summed E-state index contributed by atoms with van der Waals surface area (Å²) in [6.07, 6.45) is 10.9. The van der Waals surface area contributed by atoms with E-state index in [0.29, 0.717) is 6.42 Å². The van der Waals surface area contributed by atoms with Gasteiger partial charge in [-0.25, -0.2) is 0 Å². The Morgan fingerprint density at radius 3 is 2.90 bits per heavy atom. The second kappa shape index (κ2) is 5.77. The van der Waals surface area contributed by atoms with Gasteiger partial charge < -0.3 is 4.90 Å². The van der Waals surface area contributed by atoms with Crippen molar-refractivity contribution in [2.24, 2.45) is 0 Å². The van der Waals surface area contributed by atoms with E-state index in [1.165, 1.54) is 0 Å². The van der Waals surface area contributed by atoms with Crippen molar-refractivity contribution in [3.63, 3.8) is 0 Å². The number of amides is 1. The van der Waals surface area contributed by atoms with Crippen LogP contribution in [0.5, 0.6) is 0 Å². The van der Waals surface area contributed by atoms with Crippen LogP contribution in [0, 0.1) is 0 Å². The molecular weight excluding hydrogens is 252 g/mol. The maximum atomic E-state index is 12.4. The predicted octanol–water partition coefficient (Wildman–Crippen LogP) is 1.78. The first-order valence-electron chi connectivity index (χ1n) is 6.79. The van der Waals surface area contributed by atoms with Gasteiger partial charge in [-0.2, -0.15) is 0 Å². The second-order valence-corrected chi connectivity index (χ2v) is 4.91. The molecule has 102 valence electrons. The van der Waals surface area contributed by atoms with E-state index in [1.54, 1.807) is 31.0 Å². The topological polar surface area (TPSA) is 59.0 Å². The van der Waals surface area contributed by atoms with E-state index in [1.807, 2.05) is 17.0 Å². The predicted molar refractivity (Wildman–Crippen MR) is 73.7 cm³/mol. The molecule has 3 rings (SSSR count). The highest BCUT2D eigenvalue weighted by Crippen LogP contribution is 2.30. The number of hydrogen-bond acceptors (Lipinski definition) is 4. The number of nitrogens with zero attached hydrogens (tertiary/aromatic N) is 4. The van der Waals surface area contributed by atoms with Crippen LogP contribution in [0.25, 0.3) is 0 Å². The molecule has 2 aromatic heterocycles. The van der Waals surface area contributed by atoms with E-state index in [-0.39, 0.29) is 11.9 Å². The largest absolute Gasteiger partial charge is 0.334 e. The molecule has 5 heteroatoms. The fraction of sp³-hybridized carbons (Fsp3) is 0.333. The fourth-order valence-electron chi connectivity index (χ4n) is 2.63. The van der Waals surface area contributed by atoms with Gasteiger partial charge in [0.15, 0.2) is 0 Å². The molecule has 0 N–H and O–H groups in total. The SMILES string of the molecule is O=C(Cc1cccnc1)N1CCC[C@@H]1c1cnccn1. The molecule has 1 fully saturated rings. The van der Waals surface area contributed by atoms with Crippen molar-refractivity contribution in [1.29, 1.82) is 0 Å². The van der Waals surface area contributed by atoms with Crippen LogP contribution < -0.4 is 0 Å². The summed E-state index contributed by atoms with van der Waals surface area (Å²) in [5.74, 6) is 0.131. The number of carbonyl (C=O) groups is 1. The fourth-order valence-corrected chi connectivity index (χ4v) is 2.63. The molecule has 1 amide bonds. The van der Waals surface area contributed by atoms with Gasteiger partial charge in [-0.1, -0.05) is 6.07 Å². The van der Waals surface area contributed by atoms with Crippen LogP contribution in [0.2, 0.25) is 0 Å². The van der Waals surface area contributed by atoms with Gasteiger partial charge in [0.1, 0.15) is 0 Å². The standard InChI is InChI=1S/C15H16N4O/c20-15(9-12-3-1-5-16-10-12)19-8-2-4-14(19)13-11-17-6-7-18-13/h1,3,5-7,10-11,14H,2,4,8-9H2/t14-/m1/s1. The summed E-state index contributed by atoms with van der Waals surface area (Å²) in [5, 5.41) is 0. The van der Waals surface area contributed by atoms with Crippen molar-refractivity contribution in [1.82, 2.24) is 19.9 Å². The Labute approximate surface area is 117 Å². The minimum absolute atomic E-state index is 0.0628. The van der Waals surface area contributed by atoms with Gasteiger partial charge in [0, 0.05) is 31.3 Å². The molecule has 1 aliphatic heterocycles. The van der Waals surface area contributed by atoms with Gasteiger partial charge in [0.05, 0.1) is 24.4 Å². The van der Waals surface area contributed by atoms with Crippen molar-refractivity contribution < 1.29 is 4.79 Å². The molecule has 0 spiro atoms. The lowest BCUT2D eigenvalue weighted by Gasteiger charge is -2.24. The molecule has 0 bridgehead atoms. The third kappa shape index (κ3) is 2.66. The normalized spacial score (nSPS) is 18.2. The second-order valence-electron chi connectivity index (χ2n) is 4.91. The number of hydrogen-bond donors (Lipinski definition) is 0. The van der Waals surface area contributed by atoms with E-state index < -0.39 is 0 Å². The van der Waals surface area contributed by atoms with Crippen LogP contribution in [0.3, 0.4) is 0 Å². The Bertz CT molecular complexity index is 573. The third-order valence-electron chi connectivity index (χ3n) is 3.58. The zero-order chi connectivity index (χ0) is 13.8. The van der Waals surface area contributed by atoms with Gasteiger partial charge in [0.25, 0.3) is 0 Å². The molecule has 1 aliphatic rings. The first-order chi connectivity index (χ1) is 9.84. The lowest BCUT2D eigenvalue weighted by molar-refractivity contribution is -0.131. The minimum atomic E-state index is 0.0628. The molecule has 5 nitrogen and oxygen atoms in total. The van der Waals surface area contributed by atoms with E-state index in [2.05, 4.69) is 15.0 Å². The van der Waals surface area contributed by atoms with Crippen molar-refractivity contribution in [3.05, 3.63) is 54.4 Å². The zero-order valence-corrected chi connectivity index (χ0v) is 11.1. The molecule has 3 heterocycles. The average Bonchev–Trinajstić information content (AvgIpc) is 2.99. The number of aromatic nitrogens is 3. The van der Waals surface area contributed by atoms with E-state index in [4.69, 9.17) is 0 Å². The summed E-state index contributed by atoms with van der Waals surface area (Å²) >= 11 is 0. The smallest absolute Gasteiger partial charge is 0.227 e. The molecule has 1 atom stereocenters. The Kier molecular flexibility index (Phi) is 3.67. The van der Waals surface area contributed by atoms with Crippen LogP contribution in [0.1, 0.15) is 30.1 Å². The van der Waals surface area contributed by atoms with Crippen LogP contribution >= 0.6 is 0 Å². The number of likely N-dealkylation sites (tertiary alicyclic amines) is 1. The Balaban J connectivity index is 1.74. The molecule has 0 saturated carbocycles. The van der Waals surface area contributed by atoms with Crippen LogP contribution in [0.4, 0.5) is 0 Å². The molecule has 0 aromatic carbocycles. The van der Waals surface area contributed by atoms with Gasteiger partial charge in [-0.15, -0.1) is 0 Å². The van der Waals surface area contributed by atoms with E-state index in [9.17, 15) is 4.79 Å². The quantitative estimate of drug-likeness (QED) is 0.851. The summed E-state index contributed by atoms with van der Waals surface area (Å²) in [6.45, 7) is 0.792. The lowest BCUT2D eigenvalue weighted by atomic mass is 10.1. The Morgan fingerprint density at radius 1 is 1.25 bits per heavy atom. The van der Waals surface area contributed by atoms with Gasteiger partial charge in [0.2, 0.25) is 5.91 Å². The monoisotopic (exact) mass is 268 g/mol. The van der Waals surface area contributed by atoms with E-state index in [0.717, 1.165) is 30.6 Å². The molecule has 1 saturated heterocycles. The molecular formula is C15H16N4O. The third-order valence-corrected chi connectivity index (χ3v) is 3.58. The minimum Gasteiger partial charge on any atom is -0.334 e. The van der Waals surface area contributed by atoms with Crippen molar-refractivity contribution in [2.45, 2.75) is 25.3 Å². The summed E-state index contributed by atoms with van der Waals surface area (Å²) in [6, 6.07) is 3.85. The van der Waals surface area contributed by atoms with Crippen molar-refractivity contribution >= 4 is 5.91 Å². The number of rotatable bonds is 3. The highest BCUT2D eigenvalue weighted by Gasteiger charge is 2.30. The molecule has 0 unspecified atom stereocenters. The maximum absolute atomic E-state index is 12.4. The summed E-state index contributed by atoms with van der Waals surface area (Å²) in [7, 11) is 0. The van der Waals surface area contributed by atoms with E-state index >= 15 is 0 Å². The number of carbonyl (C=O) groups excluding carboxylic acids is 1. The van der Waals surface area contributed by atoms with Gasteiger partial charge in [-0.05, 0) is 24.5 Å².